The van der Waals surface area contributed by atoms with Crippen LogP contribution in [0.3, 0.4) is 0 Å². The second-order valence-corrected chi connectivity index (χ2v) is 7.00. The number of imidazole rings is 1. The van der Waals surface area contributed by atoms with Crippen LogP contribution in [-0.4, -0.2) is 38.9 Å². The number of carbonyl (C=O) groups excluding carboxylic acids is 1. The van der Waals surface area contributed by atoms with Crippen molar-refractivity contribution in [1.82, 2.24) is 14.9 Å². The van der Waals surface area contributed by atoms with Crippen LogP contribution in [0.25, 0.3) is 0 Å². The molecule has 5 nitrogen and oxygen atoms in total. The van der Waals surface area contributed by atoms with E-state index in [4.69, 9.17) is 0 Å². The van der Waals surface area contributed by atoms with Gasteiger partial charge in [0.05, 0.1) is 6.17 Å². The van der Waals surface area contributed by atoms with Crippen LogP contribution < -0.4 is 5.32 Å². The van der Waals surface area contributed by atoms with E-state index in [0.29, 0.717) is 32.4 Å². The van der Waals surface area contributed by atoms with E-state index >= 15 is 0 Å². The summed E-state index contributed by atoms with van der Waals surface area (Å²) in [6.07, 6.45) is 7.78. The molecule has 0 aliphatic heterocycles. The van der Waals surface area contributed by atoms with Crippen LogP contribution in [0, 0.1) is 12.8 Å². The van der Waals surface area contributed by atoms with Gasteiger partial charge in [0.15, 0.2) is 0 Å². The van der Waals surface area contributed by atoms with E-state index in [9.17, 15) is 14.3 Å². The number of carbonyl (C=O) groups is 1. The first-order valence-corrected chi connectivity index (χ1v) is 9.06. The highest BCUT2D eigenvalue weighted by molar-refractivity contribution is 5.85. The predicted molar refractivity (Wildman–Crippen MR) is 91.3 cm³/mol. The number of amides is 1. The lowest BCUT2D eigenvalue weighted by molar-refractivity contribution is -0.147. The molecule has 1 aromatic rings. The van der Waals surface area contributed by atoms with Gasteiger partial charge in [-0.05, 0) is 51.9 Å². The van der Waals surface area contributed by atoms with Gasteiger partial charge in [-0.15, -0.1) is 0 Å². The van der Waals surface area contributed by atoms with Crippen molar-refractivity contribution in [1.29, 1.82) is 0 Å². The monoisotopic (exact) mass is 339 g/mol. The van der Waals surface area contributed by atoms with E-state index in [0.717, 1.165) is 31.5 Å². The SMILES string of the molecule is Cc1nccn1CCNC(=O)C(O)(CCCC(C)F)C1CCCC1. The molecule has 6 heteroatoms. The predicted octanol–water partition coefficient (Wildman–Crippen LogP) is 2.76. The number of halogens is 1. The van der Waals surface area contributed by atoms with Gasteiger partial charge in [0.25, 0.3) is 5.91 Å². The molecule has 24 heavy (non-hydrogen) atoms. The zero-order valence-electron chi connectivity index (χ0n) is 14.8. The second kappa shape index (κ2) is 8.60. The Bertz CT molecular complexity index is 526. The molecule has 1 saturated carbocycles. The molecule has 2 atom stereocenters. The number of aromatic nitrogens is 2. The Hall–Kier alpha value is -1.43. The van der Waals surface area contributed by atoms with E-state index in [2.05, 4.69) is 10.3 Å². The molecule has 2 rings (SSSR count). The van der Waals surface area contributed by atoms with Gasteiger partial charge in [0, 0.05) is 25.5 Å². The van der Waals surface area contributed by atoms with Crippen molar-refractivity contribution < 1.29 is 14.3 Å². The minimum Gasteiger partial charge on any atom is -0.380 e. The Morgan fingerprint density at radius 3 is 2.83 bits per heavy atom. The standard InChI is InChI=1S/C18H30FN3O2/c1-14(19)6-5-9-18(24,16-7-3-4-8-16)17(23)21-11-13-22-12-10-20-15(22)2/h10,12,14,16,24H,3-9,11,13H2,1-2H3,(H,21,23). The topological polar surface area (TPSA) is 67.2 Å². The Labute approximate surface area is 143 Å². The highest BCUT2D eigenvalue weighted by Crippen LogP contribution is 2.37. The van der Waals surface area contributed by atoms with Gasteiger partial charge >= 0.3 is 0 Å². The third kappa shape index (κ3) is 4.79. The summed E-state index contributed by atoms with van der Waals surface area (Å²) in [5.41, 5.74) is -1.37. The molecule has 1 aliphatic rings. The molecule has 1 aromatic heterocycles. The van der Waals surface area contributed by atoms with E-state index < -0.39 is 11.8 Å². The highest BCUT2D eigenvalue weighted by atomic mass is 19.1. The van der Waals surface area contributed by atoms with Crippen LogP contribution in [0.2, 0.25) is 0 Å². The van der Waals surface area contributed by atoms with Crippen molar-refractivity contribution in [2.45, 2.75) is 77.1 Å². The van der Waals surface area contributed by atoms with Gasteiger partial charge in [0.2, 0.25) is 0 Å². The van der Waals surface area contributed by atoms with E-state index in [1.807, 2.05) is 17.7 Å². The lowest BCUT2D eigenvalue weighted by atomic mass is 9.81. The van der Waals surface area contributed by atoms with Crippen molar-refractivity contribution in [3.05, 3.63) is 18.2 Å². The number of aryl methyl sites for hydroxylation is 1. The van der Waals surface area contributed by atoms with E-state index in [1.54, 1.807) is 6.20 Å². The third-order valence-corrected chi connectivity index (χ3v) is 5.15. The molecule has 0 aromatic carbocycles. The van der Waals surface area contributed by atoms with Crippen molar-refractivity contribution in [2.75, 3.05) is 6.54 Å². The molecule has 136 valence electrons. The maximum absolute atomic E-state index is 13.1. The Balaban J connectivity index is 1.91. The van der Waals surface area contributed by atoms with Crippen LogP contribution >= 0.6 is 0 Å². The molecule has 0 bridgehead atoms. The van der Waals surface area contributed by atoms with Crippen LogP contribution in [-0.2, 0) is 11.3 Å². The zero-order valence-corrected chi connectivity index (χ0v) is 14.8. The summed E-state index contributed by atoms with van der Waals surface area (Å²) >= 11 is 0. The van der Waals surface area contributed by atoms with Crippen molar-refractivity contribution in [3.8, 4) is 0 Å². The number of rotatable bonds is 9. The van der Waals surface area contributed by atoms with Crippen molar-refractivity contribution >= 4 is 5.91 Å². The fourth-order valence-corrected chi connectivity index (χ4v) is 3.64. The van der Waals surface area contributed by atoms with E-state index in [1.165, 1.54) is 6.92 Å². The van der Waals surface area contributed by atoms with Gasteiger partial charge < -0.3 is 15.0 Å². The fraction of sp³-hybridized carbons (Fsp3) is 0.778. The summed E-state index contributed by atoms with van der Waals surface area (Å²) in [6, 6.07) is 0. The molecule has 0 spiro atoms. The van der Waals surface area contributed by atoms with Gasteiger partial charge in [-0.2, -0.15) is 0 Å². The van der Waals surface area contributed by atoms with Crippen molar-refractivity contribution in [2.24, 2.45) is 5.92 Å². The number of aliphatic hydroxyl groups is 1. The first-order valence-electron chi connectivity index (χ1n) is 9.06. The molecule has 2 N–H and O–H groups in total. The van der Waals surface area contributed by atoms with Gasteiger partial charge in [-0.1, -0.05) is 12.8 Å². The minimum atomic E-state index is -1.37. The number of nitrogens with zero attached hydrogens (tertiary/aromatic N) is 2. The van der Waals surface area contributed by atoms with Gasteiger partial charge in [-0.3, -0.25) is 4.79 Å². The number of alkyl halides is 1. The summed E-state index contributed by atoms with van der Waals surface area (Å²) in [5.74, 6) is 0.577. The van der Waals surface area contributed by atoms with E-state index in [-0.39, 0.29) is 11.8 Å². The normalized spacial score (nSPS) is 19.2. The summed E-state index contributed by atoms with van der Waals surface area (Å²) in [5, 5.41) is 13.9. The highest BCUT2D eigenvalue weighted by Gasteiger charge is 2.44. The number of hydrogen-bond acceptors (Lipinski definition) is 3. The van der Waals surface area contributed by atoms with Crippen LogP contribution in [0.4, 0.5) is 4.39 Å². The Morgan fingerprint density at radius 2 is 2.25 bits per heavy atom. The maximum Gasteiger partial charge on any atom is 0.252 e. The lowest BCUT2D eigenvalue weighted by Crippen LogP contribution is -2.52. The fourth-order valence-electron chi connectivity index (χ4n) is 3.64. The van der Waals surface area contributed by atoms with Crippen LogP contribution in [0.5, 0.6) is 0 Å². The summed E-state index contributed by atoms with van der Waals surface area (Å²) < 4.78 is 15.0. The molecule has 1 aliphatic carbocycles. The number of nitrogens with one attached hydrogen (secondary N) is 1. The Morgan fingerprint density at radius 1 is 1.54 bits per heavy atom. The molecular formula is C18H30FN3O2. The van der Waals surface area contributed by atoms with Crippen molar-refractivity contribution in [3.63, 3.8) is 0 Å². The average molecular weight is 339 g/mol. The quantitative estimate of drug-likeness (QED) is 0.727. The molecule has 1 amide bonds. The second-order valence-electron chi connectivity index (χ2n) is 7.00. The molecule has 1 fully saturated rings. The first-order chi connectivity index (χ1) is 11.4. The summed E-state index contributed by atoms with van der Waals surface area (Å²) in [4.78, 5) is 16.8. The third-order valence-electron chi connectivity index (χ3n) is 5.15. The molecule has 1 heterocycles. The van der Waals surface area contributed by atoms with Gasteiger partial charge in [-0.25, -0.2) is 9.37 Å². The first kappa shape index (κ1) is 18.9. The molecule has 2 unspecified atom stereocenters. The zero-order chi connectivity index (χ0) is 17.6. The molecule has 0 saturated heterocycles. The minimum absolute atomic E-state index is 0.0117. The Kier molecular flexibility index (Phi) is 6.78. The largest absolute Gasteiger partial charge is 0.380 e. The van der Waals surface area contributed by atoms with Gasteiger partial charge in [0.1, 0.15) is 11.4 Å². The van der Waals surface area contributed by atoms with Crippen LogP contribution in [0.1, 0.15) is 57.7 Å². The number of hydrogen-bond donors (Lipinski definition) is 2. The summed E-state index contributed by atoms with van der Waals surface area (Å²) in [7, 11) is 0. The summed E-state index contributed by atoms with van der Waals surface area (Å²) in [6.45, 7) is 4.50. The maximum atomic E-state index is 13.1. The smallest absolute Gasteiger partial charge is 0.252 e. The average Bonchev–Trinajstić information content (AvgIpc) is 3.19. The molecule has 0 radical (unpaired) electrons. The lowest BCUT2D eigenvalue weighted by Gasteiger charge is -2.33. The molecular weight excluding hydrogens is 309 g/mol. The van der Waals surface area contributed by atoms with Crippen LogP contribution in [0.15, 0.2) is 12.4 Å².